The Morgan fingerprint density at radius 3 is 2.43 bits per heavy atom. The van der Waals surface area contributed by atoms with Gasteiger partial charge in [0.05, 0.1) is 53.1 Å². The van der Waals surface area contributed by atoms with Crippen molar-refractivity contribution in [2.24, 2.45) is 10.9 Å². The van der Waals surface area contributed by atoms with E-state index in [1.165, 1.54) is 5.56 Å². The third-order valence-electron chi connectivity index (χ3n) is 8.90. The zero-order chi connectivity index (χ0) is 28.4. The summed E-state index contributed by atoms with van der Waals surface area (Å²) in [6, 6.07) is 28.3. The first-order valence-corrected chi connectivity index (χ1v) is 15.0. The van der Waals surface area contributed by atoms with Crippen LogP contribution >= 0.6 is 11.6 Å². The average molecular weight is 576 g/mol. The molecule has 210 valence electrons. The number of aryl methyl sites for hydroxylation is 1. The van der Waals surface area contributed by atoms with Gasteiger partial charge in [-0.05, 0) is 56.0 Å². The van der Waals surface area contributed by atoms with E-state index in [4.69, 9.17) is 26.4 Å². The van der Waals surface area contributed by atoms with E-state index < -0.39 is 6.04 Å². The van der Waals surface area contributed by atoms with E-state index in [1.54, 1.807) is 6.26 Å². The van der Waals surface area contributed by atoms with Gasteiger partial charge in [-0.25, -0.2) is 4.68 Å². The number of guanidine groups is 1. The summed E-state index contributed by atoms with van der Waals surface area (Å²) in [7, 11) is 0. The van der Waals surface area contributed by atoms with E-state index in [9.17, 15) is 4.79 Å². The van der Waals surface area contributed by atoms with Gasteiger partial charge in [0, 0.05) is 10.9 Å². The summed E-state index contributed by atoms with van der Waals surface area (Å²) in [5.41, 5.74) is 6.51. The highest BCUT2D eigenvalue weighted by atomic mass is 35.5. The van der Waals surface area contributed by atoms with Crippen LogP contribution in [-0.2, 0) is 16.1 Å². The van der Waals surface area contributed by atoms with Gasteiger partial charge in [-0.2, -0.15) is 10.1 Å². The zero-order valence-electron chi connectivity index (χ0n) is 23.2. The van der Waals surface area contributed by atoms with Crippen LogP contribution in [-0.4, -0.2) is 33.0 Å². The number of aliphatic imine (C=N–C) groups is 1. The Morgan fingerprint density at radius 2 is 1.64 bits per heavy atom. The Labute approximate surface area is 249 Å². The molecule has 3 aromatic carbocycles. The average Bonchev–Trinajstić information content (AvgIpc) is 3.52. The molecule has 0 amide bonds. The number of hydrogen-bond acceptors (Lipinski definition) is 6. The first-order chi connectivity index (χ1) is 20.6. The van der Waals surface area contributed by atoms with Gasteiger partial charge in [0.15, 0.2) is 11.6 Å². The maximum absolute atomic E-state index is 14.4. The fraction of sp³-hybridized carbons (Fsp3) is 0.265. The van der Waals surface area contributed by atoms with Crippen molar-refractivity contribution in [2.75, 3.05) is 9.80 Å². The maximum atomic E-state index is 14.4. The topological polar surface area (TPSA) is 63.0 Å². The number of Topliss-reactive ketones (excluding diaryl/α,β-unsaturated/α-hetero) is 1. The molecule has 0 radical (unpaired) electrons. The Kier molecular flexibility index (Phi) is 5.96. The number of carbonyl (C=O) groups is 1. The number of para-hydroxylation sites is 3. The lowest BCUT2D eigenvalue weighted by Crippen LogP contribution is -2.47. The summed E-state index contributed by atoms with van der Waals surface area (Å²) in [5.74, 6) is 1.36. The number of carbonyl (C=O) groups excluding carboxylic acids is 1. The van der Waals surface area contributed by atoms with Crippen molar-refractivity contribution < 1.29 is 9.53 Å². The summed E-state index contributed by atoms with van der Waals surface area (Å²) in [6.07, 6.45) is 3.87. The highest BCUT2D eigenvalue weighted by Crippen LogP contribution is 2.52. The summed E-state index contributed by atoms with van der Waals surface area (Å²) >= 11 is 6.59. The number of anilines is 2. The molecule has 4 aliphatic rings. The second-order valence-electron chi connectivity index (χ2n) is 11.4. The third-order valence-corrected chi connectivity index (χ3v) is 9.30. The van der Waals surface area contributed by atoms with Gasteiger partial charge >= 0.3 is 0 Å². The van der Waals surface area contributed by atoms with Gasteiger partial charge in [0.1, 0.15) is 6.10 Å². The van der Waals surface area contributed by atoms with Crippen molar-refractivity contribution in [1.82, 2.24) is 9.78 Å². The molecule has 0 bridgehead atoms. The molecule has 1 saturated carbocycles. The van der Waals surface area contributed by atoms with Crippen molar-refractivity contribution in [1.29, 1.82) is 0 Å². The number of halogens is 1. The molecule has 8 heteroatoms. The molecule has 4 heterocycles. The minimum Gasteiger partial charge on any atom is -0.497 e. The lowest BCUT2D eigenvalue weighted by atomic mass is 9.77. The van der Waals surface area contributed by atoms with Crippen molar-refractivity contribution in [2.45, 2.75) is 50.3 Å². The van der Waals surface area contributed by atoms with Crippen LogP contribution < -0.4 is 9.80 Å². The second kappa shape index (κ2) is 9.88. The van der Waals surface area contributed by atoms with Crippen LogP contribution in [0.3, 0.4) is 0 Å². The van der Waals surface area contributed by atoms with Crippen LogP contribution in [0.15, 0.2) is 102 Å². The molecule has 1 fully saturated rings. The first kappa shape index (κ1) is 25.4. The normalized spacial score (nSPS) is 24.2. The number of rotatable bonds is 4. The number of nitrogens with zero attached hydrogens (tertiary/aromatic N) is 5. The minimum atomic E-state index is -0.448. The Balaban J connectivity index is 1.34. The smallest absolute Gasteiger partial charge is 0.213 e. The van der Waals surface area contributed by atoms with Gasteiger partial charge in [-0.15, -0.1) is 11.6 Å². The molecule has 8 rings (SSSR count). The van der Waals surface area contributed by atoms with Crippen molar-refractivity contribution in [3.8, 4) is 5.69 Å². The molecule has 4 atom stereocenters. The van der Waals surface area contributed by atoms with Crippen LogP contribution in [0.4, 0.5) is 17.2 Å². The predicted molar refractivity (Wildman–Crippen MR) is 165 cm³/mol. The van der Waals surface area contributed by atoms with Crippen LogP contribution in [0.25, 0.3) is 5.69 Å². The van der Waals surface area contributed by atoms with Crippen molar-refractivity contribution in [3.63, 3.8) is 0 Å². The monoisotopic (exact) mass is 575 g/mol. The van der Waals surface area contributed by atoms with E-state index in [-0.39, 0.29) is 23.2 Å². The molecule has 0 saturated heterocycles. The van der Waals surface area contributed by atoms with Crippen molar-refractivity contribution >= 4 is 40.5 Å². The molecule has 0 spiro atoms. The van der Waals surface area contributed by atoms with E-state index in [0.29, 0.717) is 18.5 Å². The Hall–Kier alpha value is -4.36. The Bertz CT molecular complexity index is 1750. The molecule has 42 heavy (non-hydrogen) atoms. The number of benzene rings is 3. The van der Waals surface area contributed by atoms with E-state index in [0.717, 1.165) is 52.9 Å². The van der Waals surface area contributed by atoms with E-state index in [1.807, 2.05) is 54.1 Å². The van der Waals surface area contributed by atoms with Gasteiger partial charge in [0.2, 0.25) is 5.96 Å². The third kappa shape index (κ3) is 3.91. The zero-order valence-corrected chi connectivity index (χ0v) is 24.0. The predicted octanol–water partition coefficient (Wildman–Crippen LogP) is 7.01. The second-order valence-corrected chi connectivity index (χ2v) is 12.1. The SMILES string of the molecule is Cc1nn(-c2ccccc2)c2c1C(C1=COC3CCC(Cl)CC3C1=O)N1C(=N2)N(Cc2ccccc2)c2ccccc21. The van der Waals surface area contributed by atoms with E-state index in [2.05, 4.69) is 52.3 Å². The van der Waals surface area contributed by atoms with Gasteiger partial charge in [0.25, 0.3) is 0 Å². The number of aromatic nitrogens is 2. The quantitative estimate of drug-likeness (QED) is 0.245. The number of alkyl halides is 1. The molecule has 0 N–H and O–H groups in total. The molecule has 3 aliphatic heterocycles. The van der Waals surface area contributed by atoms with E-state index >= 15 is 0 Å². The summed E-state index contributed by atoms with van der Waals surface area (Å²) < 4.78 is 8.22. The fourth-order valence-electron chi connectivity index (χ4n) is 6.92. The summed E-state index contributed by atoms with van der Waals surface area (Å²) in [4.78, 5) is 24.1. The summed E-state index contributed by atoms with van der Waals surface area (Å²) in [6.45, 7) is 2.64. The molecular formula is C34H30ClN5O2. The number of hydrogen-bond donors (Lipinski definition) is 0. The number of ether oxygens (including phenoxy) is 1. The van der Waals surface area contributed by atoms with Crippen molar-refractivity contribution in [3.05, 3.63) is 114 Å². The van der Waals surface area contributed by atoms with Crippen LogP contribution in [0, 0.1) is 12.8 Å². The maximum Gasteiger partial charge on any atom is 0.213 e. The van der Waals surface area contributed by atoms with Crippen LogP contribution in [0.5, 0.6) is 0 Å². The van der Waals surface area contributed by atoms with Gasteiger partial charge < -0.3 is 9.64 Å². The lowest BCUT2D eigenvalue weighted by Gasteiger charge is -2.41. The standard InChI is InChI=1S/C34H30ClN5O2/c1-21-30-31(26-20-42-29-17-16-23(35)18-25(29)32(26)41)39-28-15-9-8-14-27(28)38(19-22-10-4-2-5-11-22)34(39)36-33(30)40(37-21)24-12-6-3-7-13-24/h2-15,20,23,25,29,31H,16-19H2,1H3. The molecular weight excluding hydrogens is 546 g/mol. The number of fused-ring (bicyclic) bond motifs is 5. The molecule has 7 nitrogen and oxygen atoms in total. The Morgan fingerprint density at radius 1 is 0.929 bits per heavy atom. The fourth-order valence-corrected chi connectivity index (χ4v) is 7.23. The largest absolute Gasteiger partial charge is 0.497 e. The first-order valence-electron chi connectivity index (χ1n) is 14.6. The van der Waals surface area contributed by atoms with Crippen LogP contribution in [0.2, 0.25) is 0 Å². The molecule has 4 unspecified atom stereocenters. The van der Waals surface area contributed by atoms with Gasteiger partial charge in [-0.3, -0.25) is 9.69 Å². The lowest BCUT2D eigenvalue weighted by molar-refractivity contribution is -0.127. The minimum absolute atomic E-state index is 0.0198. The number of ketones is 1. The van der Waals surface area contributed by atoms with Crippen LogP contribution in [0.1, 0.15) is 42.1 Å². The molecule has 1 aromatic heterocycles. The van der Waals surface area contributed by atoms with Gasteiger partial charge in [-0.1, -0.05) is 60.7 Å². The highest BCUT2D eigenvalue weighted by molar-refractivity contribution is 6.21. The molecule has 1 aliphatic carbocycles. The molecule has 4 aromatic rings. The summed E-state index contributed by atoms with van der Waals surface area (Å²) in [5, 5.41) is 4.96. The highest BCUT2D eigenvalue weighted by Gasteiger charge is 2.50.